The molecule has 0 aliphatic carbocycles. The second-order valence-corrected chi connectivity index (χ2v) is 7.26. The quantitative estimate of drug-likeness (QED) is 0.416. The molecule has 4 aromatic carbocycles. The van der Waals surface area contributed by atoms with Gasteiger partial charge in [-0.05, 0) is 40.1 Å². The Morgan fingerprint density at radius 1 is 0.871 bits per heavy atom. The second kappa shape index (κ2) is 7.92. The number of methoxy groups -OCH3 is 1. The van der Waals surface area contributed by atoms with E-state index in [9.17, 15) is 4.79 Å². The minimum absolute atomic E-state index is 0.163. The van der Waals surface area contributed by atoms with E-state index < -0.39 is 0 Å². The Morgan fingerprint density at radius 2 is 1.68 bits per heavy atom. The molecule has 5 rings (SSSR count). The summed E-state index contributed by atoms with van der Waals surface area (Å²) in [5.41, 5.74) is 4.37. The fourth-order valence-electron chi connectivity index (χ4n) is 3.94. The average Bonchev–Trinajstić information content (AvgIpc) is 3.05. The predicted molar refractivity (Wildman–Crippen MR) is 126 cm³/mol. The normalized spacial score (nSPS) is 12.5. The fraction of sp³-hybridized carbons (Fsp3) is 0.0370. The molecule has 1 aliphatic rings. The lowest BCUT2D eigenvalue weighted by Crippen LogP contribution is -2.26. The number of nitrogens with zero attached hydrogens (tertiary/aromatic N) is 2. The van der Waals surface area contributed by atoms with Crippen molar-refractivity contribution in [3.8, 4) is 16.9 Å². The van der Waals surface area contributed by atoms with Crippen molar-refractivity contribution < 1.29 is 9.53 Å². The molecule has 0 bridgehead atoms. The zero-order valence-corrected chi connectivity index (χ0v) is 17.0. The van der Waals surface area contributed by atoms with Crippen molar-refractivity contribution in [1.29, 1.82) is 0 Å². The van der Waals surface area contributed by atoms with Crippen LogP contribution in [0.4, 0.5) is 5.69 Å². The van der Waals surface area contributed by atoms with Gasteiger partial charge in [0.1, 0.15) is 5.75 Å². The number of carbonyl (C=O) groups excluding carboxylic acids is 1. The van der Waals surface area contributed by atoms with Crippen molar-refractivity contribution in [2.75, 3.05) is 12.0 Å². The highest BCUT2D eigenvalue weighted by Crippen LogP contribution is 2.33. The predicted octanol–water partition coefficient (Wildman–Crippen LogP) is 6.07. The molecule has 1 heterocycles. The van der Waals surface area contributed by atoms with Crippen LogP contribution in [0.25, 0.3) is 21.9 Å². The van der Waals surface area contributed by atoms with Crippen molar-refractivity contribution in [1.82, 2.24) is 0 Å². The van der Waals surface area contributed by atoms with Crippen molar-refractivity contribution >= 4 is 28.6 Å². The van der Waals surface area contributed by atoms with Gasteiger partial charge in [0.25, 0.3) is 5.91 Å². The molecule has 0 N–H and O–H groups in total. The summed E-state index contributed by atoms with van der Waals surface area (Å²) in [6.45, 7) is 0. The van der Waals surface area contributed by atoms with E-state index in [4.69, 9.17) is 4.74 Å². The van der Waals surface area contributed by atoms with Gasteiger partial charge in [0.05, 0.1) is 18.4 Å². The molecule has 0 fully saturated rings. The number of hydrogen-bond acceptors (Lipinski definition) is 3. The maximum absolute atomic E-state index is 13.8. The molecule has 150 valence electrons. The largest absolute Gasteiger partial charge is 0.496 e. The van der Waals surface area contributed by atoms with E-state index in [0.717, 1.165) is 33.2 Å². The molecule has 0 saturated carbocycles. The number of anilines is 1. The average molecular weight is 404 g/mol. The molecule has 0 unspecified atom stereocenters. The van der Waals surface area contributed by atoms with E-state index in [1.807, 2.05) is 66.7 Å². The van der Waals surface area contributed by atoms with Crippen LogP contribution in [-0.4, -0.2) is 19.2 Å². The van der Waals surface area contributed by atoms with Crippen molar-refractivity contribution in [3.63, 3.8) is 0 Å². The number of rotatable bonds is 3. The Bertz CT molecular complexity index is 1340. The number of aliphatic imine (C=N–C) groups is 1. The van der Waals surface area contributed by atoms with E-state index in [2.05, 4.69) is 23.2 Å². The van der Waals surface area contributed by atoms with Gasteiger partial charge in [-0.15, -0.1) is 0 Å². The minimum atomic E-state index is -0.163. The summed E-state index contributed by atoms with van der Waals surface area (Å²) in [6, 6.07) is 27.8. The van der Waals surface area contributed by atoms with E-state index >= 15 is 0 Å². The van der Waals surface area contributed by atoms with Crippen LogP contribution < -0.4 is 9.64 Å². The van der Waals surface area contributed by atoms with Crippen LogP contribution in [-0.2, 0) is 0 Å². The van der Waals surface area contributed by atoms with Gasteiger partial charge in [-0.2, -0.15) is 0 Å². The maximum Gasteiger partial charge on any atom is 0.266 e. The monoisotopic (exact) mass is 404 g/mol. The summed E-state index contributed by atoms with van der Waals surface area (Å²) in [6.07, 6.45) is 5.12. The summed E-state index contributed by atoms with van der Waals surface area (Å²) in [5.74, 6) is 0.383. The number of hydrogen-bond donors (Lipinski definition) is 0. The first-order valence-electron chi connectivity index (χ1n) is 10.0. The van der Waals surface area contributed by atoms with Crippen LogP contribution in [0.15, 0.2) is 102 Å². The highest BCUT2D eigenvalue weighted by molar-refractivity contribution is 6.18. The molecule has 0 spiro atoms. The highest BCUT2D eigenvalue weighted by atomic mass is 16.5. The molecule has 0 aromatic heterocycles. The van der Waals surface area contributed by atoms with Gasteiger partial charge in [0.2, 0.25) is 0 Å². The van der Waals surface area contributed by atoms with Gasteiger partial charge in [-0.3, -0.25) is 14.7 Å². The molecule has 4 heteroatoms. The van der Waals surface area contributed by atoms with E-state index in [0.29, 0.717) is 11.3 Å². The zero-order valence-electron chi connectivity index (χ0n) is 17.0. The van der Waals surface area contributed by atoms with Crippen LogP contribution in [0.5, 0.6) is 5.75 Å². The lowest BCUT2D eigenvalue weighted by Gasteiger charge is -2.22. The first-order valence-corrected chi connectivity index (χ1v) is 10.0. The summed E-state index contributed by atoms with van der Waals surface area (Å²) in [5, 5.41) is 1.84. The first kappa shape index (κ1) is 18.8. The van der Waals surface area contributed by atoms with Gasteiger partial charge in [-0.25, -0.2) is 0 Å². The van der Waals surface area contributed by atoms with Crippen molar-refractivity contribution in [2.45, 2.75) is 0 Å². The highest BCUT2D eigenvalue weighted by Gasteiger charge is 2.24. The molecule has 1 amide bonds. The first-order chi connectivity index (χ1) is 15.3. The Morgan fingerprint density at radius 3 is 2.52 bits per heavy atom. The second-order valence-electron chi connectivity index (χ2n) is 7.26. The van der Waals surface area contributed by atoms with Gasteiger partial charge in [-0.1, -0.05) is 66.7 Å². The molecular formula is C27H20N2O2. The van der Waals surface area contributed by atoms with Crippen LogP contribution in [0, 0.1) is 0 Å². The van der Waals surface area contributed by atoms with E-state index in [-0.39, 0.29) is 5.91 Å². The fourth-order valence-corrected chi connectivity index (χ4v) is 3.94. The molecule has 4 nitrogen and oxygen atoms in total. The summed E-state index contributed by atoms with van der Waals surface area (Å²) in [7, 11) is 1.59. The number of amides is 1. The topological polar surface area (TPSA) is 41.9 Å². The SMILES string of the molecule is COc1ccc2ccccc2c1C(=O)N1C=CN=Cc2cc(-c3ccccc3)ccc21. The Balaban J connectivity index is 1.63. The Labute approximate surface area is 180 Å². The van der Waals surface area contributed by atoms with E-state index in [1.165, 1.54) is 0 Å². The molecule has 0 saturated heterocycles. The molecule has 1 aliphatic heterocycles. The van der Waals surface area contributed by atoms with Crippen LogP contribution >= 0.6 is 0 Å². The molecule has 0 radical (unpaired) electrons. The lowest BCUT2D eigenvalue weighted by atomic mass is 10.00. The lowest BCUT2D eigenvalue weighted by molar-refractivity contribution is 0.0996. The molecule has 4 aromatic rings. The number of ether oxygens (including phenoxy) is 1. The van der Waals surface area contributed by atoms with Crippen LogP contribution in [0.1, 0.15) is 15.9 Å². The molecule has 0 atom stereocenters. The standard InChI is InChI=1S/C27H20N2O2/c1-31-25-14-12-20-9-5-6-10-23(20)26(25)27(30)29-16-15-28-18-22-17-21(11-13-24(22)29)19-7-3-2-4-8-19/h2-18H,1H3. The minimum Gasteiger partial charge on any atom is -0.496 e. The summed E-state index contributed by atoms with van der Waals surface area (Å²) < 4.78 is 5.56. The van der Waals surface area contributed by atoms with Gasteiger partial charge in [0.15, 0.2) is 0 Å². The third-order valence-corrected chi connectivity index (χ3v) is 5.45. The number of benzene rings is 4. The Hall–Kier alpha value is -4.18. The van der Waals surface area contributed by atoms with E-state index in [1.54, 1.807) is 30.6 Å². The summed E-state index contributed by atoms with van der Waals surface area (Å²) in [4.78, 5) is 19.8. The van der Waals surface area contributed by atoms with Gasteiger partial charge in [0, 0.05) is 24.2 Å². The van der Waals surface area contributed by atoms with Crippen molar-refractivity contribution in [3.05, 3.63) is 108 Å². The van der Waals surface area contributed by atoms with Crippen molar-refractivity contribution in [2.24, 2.45) is 4.99 Å². The molecular weight excluding hydrogens is 384 g/mol. The Kier molecular flexibility index (Phi) is 4.81. The third kappa shape index (κ3) is 3.38. The van der Waals surface area contributed by atoms with Crippen LogP contribution in [0.2, 0.25) is 0 Å². The van der Waals surface area contributed by atoms with Gasteiger partial charge >= 0.3 is 0 Å². The van der Waals surface area contributed by atoms with Gasteiger partial charge < -0.3 is 4.74 Å². The number of fused-ring (bicyclic) bond motifs is 2. The zero-order chi connectivity index (χ0) is 21.2. The molecule has 31 heavy (non-hydrogen) atoms. The number of carbonyl (C=O) groups is 1. The third-order valence-electron chi connectivity index (χ3n) is 5.45. The smallest absolute Gasteiger partial charge is 0.266 e. The maximum atomic E-state index is 13.8. The summed E-state index contributed by atoms with van der Waals surface area (Å²) >= 11 is 0. The van der Waals surface area contributed by atoms with Crippen LogP contribution in [0.3, 0.4) is 0 Å².